The summed E-state index contributed by atoms with van der Waals surface area (Å²) in [6, 6.07) is 10.8. The zero-order chi connectivity index (χ0) is 21.4. The number of aryl methyl sites for hydroxylation is 1. The lowest BCUT2D eigenvalue weighted by Gasteiger charge is -2.11. The Morgan fingerprint density at radius 3 is 2.77 bits per heavy atom. The maximum atomic E-state index is 13.0. The molecular formula is C25H25N5O. The highest BCUT2D eigenvalue weighted by atomic mass is 16.2. The van der Waals surface area contributed by atoms with Crippen LogP contribution in [0.2, 0.25) is 0 Å². The van der Waals surface area contributed by atoms with Crippen LogP contribution in [0.3, 0.4) is 0 Å². The molecule has 2 heterocycles. The summed E-state index contributed by atoms with van der Waals surface area (Å²) in [4.78, 5) is 17.5. The van der Waals surface area contributed by atoms with Gasteiger partial charge in [0.25, 0.3) is 0 Å². The van der Waals surface area contributed by atoms with Crippen LogP contribution in [0, 0.1) is 28.6 Å². The summed E-state index contributed by atoms with van der Waals surface area (Å²) in [6.07, 6.45) is 9.94. The minimum Gasteiger partial charge on any atom is -0.310 e. The van der Waals surface area contributed by atoms with E-state index in [2.05, 4.69) is 40.5 Å². The lowest BCUT2D eigenvalue weighted by molar-refractivity contribution is -0.117. The highest BCUT2D eigenvalue weighted by Gasteiger charge is 2.75. The predicted molar refractivity (Wildman–Crippen MR) is 117 cm³/mol. The SMILES string of the molecule is CCC1[C@@H](C(=O)Nc2cc3cc([C@@]4(C#N)CC45CC5)ccc3cn2)[C@@H]1c1cnn(C)c1. The molecule has 3 aliphatic carbocycles. The van der Waals surface area contributed by atoms with Crippen molar-refractivity contribution < 1.29 is 4.79 Å². The van der Waals surface area contributed by atoms with Crippen LogP contribution in [-0.4, -0.2) is 20.7 Å². The number of amides is 1. The molecule has 4 atom stereocenters. The second-order valence-corrected chi connectivity index (χ2v) is 9.67. The Morgan fingerprint density at radius 2 is 2.13 bits per heavy atom. The molecule has 3 aliphatic rings. The van der Waals surface area contributed by atoms with E-state index in [1.807, 2.05) is 31.6 Å². The molecule has 1 amide bonds. The van der Waals surface area contributed by atoms with Crippen molar-refractivity contribution in [2.45, 2.75) is 43.9 Å². The first-order valence-corrected chi connectivity index (χ1v) is 11.1. The van der Waals surface area contributed by atoms with Crippen molar-refractivity contribution in [1.29, 1.82) is 5.26 Å². The Labute approximate surface area is 181 Å². The van der Waals surface area contributed by atoms with Crippen molar-refractivity contribution in [2.24, 2.45) is 24.3 Å². The Bertz CT molecular complexity index is 1270. The van der Waals surface area contributed by atoms with Crippen molar-refractivity contribution >= 4 is 22.5 Å². The van der Waals surface area contributed by atoms with Crippen LogP contribution in [0.15, 0.2) is 42.9 Å². The number of aromatic nitrogens is 3. The van der Waals surface area contributed by atoms with E-state index in [1.54, 1.807) is 10.9 Å². The first kappa shape index (κ1) is 18.6. The molecule has 0 saturated heterocycles. The summed E-state index contributed by atoms with van der Waals surface area (Å²) < 4.78 is 1.79. The van der Waals surface area contributed by atoms with E-state index in [0.717, 1.165) is 47.6 Å². The van der Waals surface area contributed by atoms with E-state index >= 15 is 0 Å². The topological polar surface area (TPSA) is 83.6 Å². The molecule has 1 unspecified atom stereocenters. The number of carbonyl (C=O) groups excluding carboxylic acids is 1. The number of anilines is 1. The molecule has 156 valence electrons. The number of fused-ring (bicyclic) bond motifs is 1. The minimum absolute atomic E-state index is 0.0244. The van der Waals surface area contributed by atoms with Crippen molar-refractivity contribution in [3.05, 3.63) is 54.0 Å². The van der Waals surface area contributed by atoms with E-state index < -0.39 is 0 Å². The molecule has 2 aromatic heterocycles. The van der Waals surface area contributed by atoms with E-state index in [-0.39, 0.29) is 28.6 Å². The highest BCUT2D eigenvalue weighted by Crippen LogP contribution is 2.78. The lowest BCUT2D eigenvalue weighted by atomic mass is 9.92. The summed E-state index contributed by atoms with van der Waals surface area (Å²) in [5, 5.41) is 19.2. The molecule has 6 heteroatoms. The van der Waals surface area contributed by atoms with Gasteiger partial charge < -0.3 is 5.32 Å². The Hall–Kier alpha value is -3.20. The fourth-order valence-electron chi connectivity index (χ4n) is 5.84. The maximum absolute atomic E-state index is 13.0. The number of pyridine rings is 1. The number of rotatable bonds is 5. The number of nitrogens with one attached hydrogen (secondary N) is 1. The standard InChI is InChI=1S/C25H25N5O/c1-3-19-21(17-11-28-30(2)12-17)22(19)23(31)29-20-9-16-8-18(5-4-15(16)10-27-20)25(14-26)13-24(25)6-7-24/h4-5,8-12,19,21-22H,3,6-7,13H2,1-2H3,(H,27,29,31)/t19?,21-,22-,25+/m1/s1. The summed E-state index contributed by atoms with van der Waals surface area (Å²) >= 11 is 0. The molecule has 1 aromatic carbocycles. The molecule has 0 bridgehead atoms. The van der Waals surface area contributed by atoms with Gasteiger partial charge in [0.15, 0.2) is 0 Å². The van der Waals surface area contributed by atoms with E-state index in [0.29, 0.717) is 11.7 Å². The number of nitriles is 1. The van der Waals surface area contributed by atoms with Gasteiger partial charge in [-0.1, -0.05) is 25.5 Å². The second-order valence-electron chi connectivity index (χ2n) is 9.67. The van der Waals surface area contributed by atoms with Gasteiger partial charge in [0.2, 0.25) is 5.91 Å². The summed E-state index contributed by atoms with van der Waals surface area (Å²) in [5.74, 6) is 1.13. The van der Waals surface area contributed by atoms with Crippen LogP contribution in [0.1, 0.15) is 49.7 Å². The number of benzene rings is 1. The smallest absolute Gasteiger partial charge is 0.229 e. The molecule has 31 heavy (non-hydrogen) atoms. The average molecular weight is 412 g/mol. The quantitative estimate of drug-likeness (QED) is 0.679. The van der Waals surface area contributed by atoms with Gasteiger partial charge >= 0.3 is 0 Å². The molecule has 3 fully saturated rings. The van der Waals surface area contributed by atoms with Gasteiger partial charge in [-0.25, -0.2) is 4.98 Å². The minimum atomic E-state index is -0.312. The number of nitrogens with zero attached hydrogens (tertiary/aromatic N) is 4. The number of hydrogen-bond acceptors (Lipinski definition) is 4. The van der Waals surface area contributed by atoms with Crippen LogP contribution in [0.25, 0.3) is 10.8 Å². The fraction of sp³-hybridized carbons (Fsp3) is 0.440. The average Bonchev–Trinajstić information content (AvgIpc) is 3.72. The highest BCUT2D eigenvalue weighted by molar-refractivity contribution is 5.96. The fourth-order valence-corrected chi connectivity index (χ4v) is 5.84. The molecule has 0 radical (unpaired) electrons. The van der Waals surface area contributed by atoms with Crippen molar-refractivity contribution in [1.82, 2.24) is 14.8 Å². The summed E-state index contributed by atoms with van der Waals surface area (Å²) in [5.41, 5.74) is 2.16. The van der Waals surface area contributed by atoms with Crippen LogP contribution >= 0.6 is 0 Å². The molecule has 0 aliphatic heterocycles. The van der Waals surface area contributed by atoms with Gasteiger partial charge in [-0.15, -0.1) is 0 Å². The van der Waals surface area contributed by atoms with Crippen LogP contribution < -0.4 is 5.32 Å². The van der Waals surface area contributed by atoms with Gasteiger partial charge in [-0.05, 0) is 59.2 Å². The third kappa shape index (κ3) is 2.65. The number of carbonyl (C=O) groups is 1. The van der Waals surface area contributed by atoms with E-state index in [4.69, 9.17) is 0 Å². The summed E-state index contributed by atoms with van der Waals surface area (Å²) in [7, 11) is 1.90. The molecule has 1 N–H and O–H groups in total. The van der Waals surface area contributed by atoms with Crippen molar-refractivity contribution in [2.75, 3.05) is 5.32 Å². The van der Waals surface area contributed by atoms with Crippen molar-refractivity contribution in [3.8, 4) is 6.07 Å². The lowest BCUT2D eigenvalue weighted by Crippen LogP contribution is -2.16. The molecule has 3 saturated carbocycles. The van der Waals surface area contributed by atoms with Gasteiger partial charge in [0.1, 0.15) is 5.82 Å². The monoisotopic (exact) mass is 411 g/mol. The first-order chi connectivity index (χ1) is 15.0. The van der Waals surface area contributed by atoms with E-state index in [9.17, 15) is 10.1 Å². The molecule has 1 spiro atoms. The van der Waals surface area contributed by atoms with Gasteiger partial charge in [-0.3, -0.25) is 9.48 Å². The molecule has 3 aromatic rings. The number of hydrogen-bond donors (Lipinski definition) is 1. The largest absolute Gasteiger partial charge is 0.310 e. The van der Waals surface area contributed by atoms with Gasteiger partial charge in [0, 0.05) is 36.7 Å². The maximum Gasteiger partial charge on any atom is 0.229 e. The van der Waals surface area contributed by atoms with Gasteiger partial charge in [0.05, 0.1) is 17.7 Å². The van der Waals surface area contributed by atoms with Crippen LogP contribution in [0.5, 0.6) is 0 Å². The third-order valence-corrected chi connectivity index (χ3v) is 7.95. The predicted octanol–water partition coefficient (Wildman–Crippen LogP) is 4.29. The van der Waals surface area contributed by atoms with E-state index in [1.165, 1.54) is 0 Å². The Morgan fingerprint density at radius 1 is 1.29 bits per heavy atom. The molecular weight excluding hydrogens is 386 g/mol. The summed E-state index contributed by atoms with van der Waals surface area (Å²) in [6.45, 7) is 2.13. The first-order valence-electron chi connectivity index (χ1n) is 11.1. The second kappa shape index (κ2) is 6.16. The normalized spacial score (nSPS) is 29.5. The third-order valence-electron chi connectivity index (χ3n) is 7.95. The van der Waals surface area contributed by atoms with Crippen LogP contribution in [-0.2, 0) is 17.3 Å². The Balaban J connectivity index is 1.24. The molecule has 6 rings (SSSR count). The van der Waals surface area contributed by atoms with Crippen molar-refractivity contribution in [3.63, 3.8) is 0 Å². The zero-order valence-electron chi connectivity index (χ0n) is 17.8. The zero-order valence-corrected chi connectivity index (χ0v) is 17.8. The van der Waals surface area contributed by atoms with Crippen LogP contribution in [0.4, 0.5) is 5.82 Å². The van der Waals surface area contributed by atoms with Gasteiger partial charge in [-0.2, -0.15) is 10.4 Å². The molecule has 6 nitrogen and oxygen atoms in total. The Kier molecular flexibility index (Phi) is 3.69.